The minimum atomic E-state index is -1.86. The average molecular weight is 485 g/mol. The summed E-state index contributed by atoms with van der Waals surface area (Å²) in [7, 11) is 1.16. The first kappa shape index (κ1) is 26.6. The Bertz CT molecular complexity index is 900. The number of fused-ring (bicyclic) bond motifs is 1. The van der Waals surface area contributed by atoms with Crippen LogP contribution in [0.3, 0.4) is 0 Å². The monoisotopic (exact) mass is 484 g/mol. The van der Waals surface area contributed by atoms with Crippen LogP contribution in [0.15, 0.2) is 35.5 Å². The number of methoxy groups -OCH3 is 1. The maximum atomic E-state index is 13.0. The van der Waals surface area contributed by atoms with Gasteiger partial charge in [0.05, 0.1) is 24.7 Å². The van der Waals surface area contributed by atoms with E-state index >= 15 is 0 Å². The molecular weight excluding hydrogens is 456 g/mol. The number of halogens is 1. The molecule has 1 aliphatic carbocycles. The van der Waals surface area contributed by atoms with Crippen LogP contribution in [0, 0.1) is 5.92 Å². The molecule has 0 radical (unpaired) electrons. The van der Waals surface area contributed by atoms with Crippen molar-refractivity contribution in [1.29, 1.82) is 0 Å². The van der Waals surface area contributed by atoms with Gasteiger partial charge in [0.25, 0.3) is 0 Å². The zero-order valence-electron chi connectivity index (χ0n) is 19.3. The quantitative estimate of drug-likeness (QED) is 0.205. The summed E-state index contributed by atoms with van der Waals surface area (Å²) in [4.78, 5) is 48.2. The van der Waals surface area contributed by atoms with E-state index in [0.717, 1.165) is 19.6 Å². The molecule has 0 aromatic rings. The number of rotatable bonds is 5. The summed E-state index contributed by atoms with van der Waals surface area (Å²) in [5.41, 5.74) is 0.756. The fraction of sp³-hybridized carbons (Fsp3) is 0.565. The molecule has 1 N–H and O–H groups in total. The third-order valence-electron chi connectivity index (χ3n) is 5.71. The molecule has 1 fully saturated rings. The van der Waals surface area contributed by atoms with Crippen molar-refractivity contribution in [3.05, 3.63) is 35.5 Å². The molecule has 1 aliphatic heterocycles. The van der Waals surface area contributed by atoms with Crippen molar-refractivity contribution in [1.82, 2.24) is 0 Å². The number of carbonyl (C=O) groups excluding carboxylic acids is 4. The van der Waals surface area contributed by atoms with Crippen molar-refractivity contribution < 1.29 is 43.2 Å². The van der Waals surface area contributed by atoms with Crippen LogP contribution in [0.5, 0.6) is 0 Å². The maximum absolute atomic E-state index is 13.0. The van der Waals surface area contributed by atoms with Gasteiger partial charge in [-0.25, -0.2) is 9.59 Å². The van der Waals surface area contributed by atoms with Gasteiger partial charge in [0, 0.05) is 12.5 Å². The van der Waals surface area contributed by atoms with Crippen molar-refractivity contribution in [2.45, 2.75) is 69.8 Å². The molecule has 0 spiro atoms. The second kappa shape index (κ2) is 10.5. The number of carbonyl (C=O) groups is 4. The summed E-state index contributed by atoms with van der Waals surface area (Å²) in [6.45, 7) is 9.29. The molecular formula is C23H29ClO9. The van der Waals surface area contributed by atoms with Crippen molar-refractivity contribution in [2.24, 2.45) is 5.92 Å². The molecule has 2 rings (SSSR count). The highest BCUT2D eigenvalue weighted by atomic mass is 35.5. The summed E-state index contributed by atoms with van der Waals surface area (Å²) in [6.07, 6.45) is -0.959. The van der Waals surface area contributed by atoms with Gasteiger partial charge in [-0.1, -0.05) is 18.2 Å². The number of esters is 4. The first-order chi connectivity index (χ1) is 15.3. The molecule has 10 heteroatoms. The Kier molecular flexibility index (Phi) is 8.48. The van der Waals surface area contributed by atoms with Gasteiger partial charge in [-0.05, 0) is 39.7 Å². The zero-order chi connectivity index (χ0) is 25.1. The lowest BCUT2D eigenvalue weighted by atomic mass is 9.83. The third-order valence-corrected chi connectivity index (χ3v) is 6.18. The van der Waals surface area contributed by atoms with E-state index in [1.165, 1.54) is 19.9 Å². The standard InChI is InChI=1S/C23H29ClO9/c1-11-8-7-9-15(21(28)30-6)18(31-14(4)26)19(33-22(29)23(5,24)13(3)25)17-12(2)20(27)32-16(17)10-11/h9-10,13,16-19,25H,2,7-8H2,1,3-6H3. The highest BCUT2D eigenvalue weighted by molar-refractivity contribution is 6.34. The van der Waals surface area contributed by atoms with E-state index < -0.39 is 59.1 Å². The predicted octanol–water partition coefficient (Wildman–Crippen LogP) is 2.15. The van der Waals surface area contributed by atoms with E-state index in [1.807, 2.05) is 6.92 Å². The van der Waals surface area contributed by atoms with Crippen molar-refractivity contribution in [2.75, 3.05) is 7.11 Å². The van der Waals surface area contributed by atoms with E-state index in [9.17, 15) is 24.3 Å². The number of ether oxygens (including phenoxy) is 4. The third kappa shape index (κ3) is 5.83. The molecule has 0 saturated carbocycles. The van der Waals surface area contributed by atoms with Crippen LogP contribution in [0.4, 0.5) is 0 Å². The number of hydrogen-bond donors (Lipinski definition) is 1. The molecule has 0 amide bonds. The zero-order valence-corrected chi connectivity index (χ0v) is 20.0. The Labute approximate surface area is 197 Å². The normalized spacial score (nSPS) is 28.2. The lowest BCUT2D eigenvalue weighted by molar-refractivity contribution is -0.173. The number of hydrogen-bond acceptors (Lipinski definition) is 9. The minimum absolute atomic E-state index is 0.0305. The molecule has 6 unspecified atom stereocenters. The number of alkyl halides is 1. The highest BCUT2D eigenvalue weighted by Crippen LogP contribution is 2.38. The Morgan fingerprint density at radius 3 is 2.52 bits per heavy atom. The van der Waals surface area contributed by atoms with Gasteiger partial charge in [0.2, 0.25) is 0 Å². The molecule has 0 aromatic heterocycles. The van der Waals surface area contributed by atoms with E-state index in [0.29, 0.717) is 12.8 Å². The lowest BCUT2D eigenvalue weighted by Crippen LogP contribution is -2.50. The number of aliphatic hydroxyl groups excluding tert-OH is 1. The van der Waals surface area contributed by atoms with Gasteiger partial charge in [-0.3, -0.25) is 9.59 Å². The van der Waals surface area contributed by atoms with Crippen LogP contribution in [-0.2, 0) is 38.1 Å². The van der Waals surface area contributed by atoms with Crippen LogP contribution >= 0.6 is 11.6 Å². The predicted molar refractivity (Wildman–Crippen MR) is 117 cm³/mol. The molecule has 6 atom stereocenters. The van der Waals surface area contributed by atoms with Crippen molar-refractivity contribution in [3.8, 4) is 0 Å². The van der Waals surface area contributed by atoms with Crippen LogP contribution in [0.2, 0.25) is 0 Å². The van der Waals surface area contributed by atoms with Gasteiger partial charge in [-0.2, -0.15) is 0 Å². The van der Waals surface area contributed by atoms with Gasteiger partial charge >= 0.3 is 23.9 Å². The summed E-state index contributed by atoms with van der Waals surface area (Å²) in [5, 5.41) is 9.96. The van der Waals surface area contributed by atoms with Crippen LogP contribution in [0.25, 0.3) is 0 Å². The lowest BCUT2D eigenvalue weighted by Gasteiger charge is -2.35. The van der Waals surface area contributed by atoms with Crippen molar-refractivity contribution in [3.63, 3.8) is 0 Å². The van der Waals surface area contributed by atoms with E-state index in [-0.39, 0.29) is 11.1 Å². The Morgan fingerprint density at radius 2 is 1.97 bits per heavy atom. The number of aliphatic hydroxyl groups is 1. The first-order valence-electron chi connectivity index (χ1n) is 10.4. The molecule has 33 heavy (non-hydrogen) atoms. The molecule has 2 aliphatic rings. The largest absolute Gasteiger partial charge is 0.466 e. The number of allylic oxidation sites excluding steroid dienone is 2. The summed E-state index contributed by atoms with van der Waals surface area (Å²) in [6, 6.07) is 0. The Hall–Kier alpha value is -2.65. The van der Waals surface area contributed by atoms with Gasteiger partial charge in [-0.15, -0.1) is 11.6 Å². The highest BCUT2D eigenvalue weighted by Gasteiger charge is 2.52. The Balaban J connectivity index is 2.72. The molecule has 182 valence electrons. The van der Waals surface area contributed by atoms with E-state index in [4.69, 9.17) is 30.5 Å². The fourth-order valence-electron chi connectivity index (χ4n) is 3.60. The minimum Gasteiger partial charge on any atom is -0.466 e. The summed E-state index contributed by atoms with van der Waals surface area (Å²) in [5.74, 6) is -4.34. The average Bonchev–Trinajstić information content (AvgIpc) is 2.99. The van der Waals surface area contributed by atoms with Gasteiger partial charge in [0.1, 0.15) is 6.10 Å². The summed E-state index contributed by atoms with van der Waals surface area (Å²) < 4.78 is 21.4. The van der Waals surface area contributed by atoms with Gasteiger partial charge < -0.3 is 24.1 Å². The maximum Gasteiger partial charge on any atom is 0.337 e. The smallest absolute Gasteiger partial charge is 0.337 e. The fourth-order valence-corrected chi connectivity index (χ4v) is 3.65. The molecule has 1 saturated heterocycles. The van der Waals surface area contributed by atoms with Crippen molar-refractivity contribution >= 4 is 35.5 Å². The van der Waals surface area contributed by atoms with Crippen LogP contribution < -0.4 is 0 Å². The second-order valence-electron chi connectivity index (χ2n) is 8.28. The topological polar surface area (TPSA) is 125 Å². The molecule has 0 bridgehead atoms. The molecule has 9 nitrogen and oxygen atoms in total. The molecule has 0 aromatic carbocycles. The van der Waals surface area contributed by atoms with Crippen LogP contribution in [0.1, 0.15) is 40.5 Å². The first-order valence-corrected chi connectivity index (χ1v) is 10.8. The van der Waals surface area contributed by atoms with Gasteiger partial charge in [0.15, 0.2) is 17.1 Å². The van der Waals surface area contributed by atoms with Crippen LogP contribution in [-0.4, -0.2) is 65.4 Å². The SMILES string of the molecule is C=C1C(=O)OC2C=C(C)CCC=C(C(=O)OC)C(OC(C)=O)C(OC(=O)C(C)(Cl)C(C)O)C12. The van der Waals surface area contributed by atoms with E-state index in [1.54, 1.807) is 6.08 Å². The van der Waals surface area contributed by atoms with E-state index in [2.05, 4.69) is 6.58 Å². The second-order valence-corrected chi connectivity index (χ2v) is 9.06. The molecule has 1 heterocycles. The Morgan fingerprint density at radius 1 is 1.33 bits per heavy atom. The summed E-state index contributed by atoms with van der Waals surface area (Å²) >= 11 is 6.21.